The fraction of sp³-hybridized carbons (Fsp3) is 0.333. The van der Waals surface area contributed by atoms with E-state index in [-0.39, 0.29) is 17.6 Å². The number of pyridine rings is 1. The summed E-state index contributed by atoms with van der Waals surface area (Å²) in [4.78, 5) is 19.3. The van der Waals surface area contributed by atoms with E-state index in [4.69, 9.17) is 10.7 Å². The lowest BCUT2D eigenvalue weighted by Gasteiger charge is -2.28. The number of hydrogen-bond acceptors (Lipinski definition) is 4. The molecule has 1 aromatic heterocycles. The summed E-state index contributed by atoms with van der Waals surface area (Å²) in [6, 6.07) is 10.3. The maximum absolute atomic E-state index is 12.3. The Labute approximate surface area is 172 Å². The molecule has 0 amide bonds. The van der Waals surface area contributed by atoms with Gasteiger partial charge < -0.3 is 15.2 Å². The number of aromatic nitrogens is 1. The zero-order valence-electron chi connectivity index (χ0n) is 18.2. The summed E-state index contributed by atoms with van der Waals surface area (Å²) in [7, 11) is 1.77. The number of allylic oxidation sites excluding steroid dienone is 2. The topological polar surface area (TPSA) is 63.6 Å². The van der Waals surface area contributed by atoms with E-state index >= 15 is 0 Å². The molecule has 1 aliphatic rings. The van der Waals surface area contributed by atoms with Gasteiger partial charge in [0.15, 0.2) is 0 Å². The van der Waals surface area contributed by atoms with Crippen molar-refractivity contribution in [3.63, 3.8) is 0 Å². The third-order valence-corrected chi connectivity index (χ3v) is 5.18. The molecule has 152 valence electrons. The summed E-state index contributed by atoms with van der Waals surface area (Å²) in [5, 5.41) is 0. The van der Waals surface area contributed by atoms with E-state index in [0.29, 0.717) is 5.56 Å². The van der Waals surface area contributed by atoms with Crippen molar-refractivity contribution >= 4 is 11.4 Å². The Balaban J connectivity index is 2.31. The molecule has 1 aromatic carbocycles. The zero-order chi connectivity index (χ0) is 21.5. The Morgan fingerprint density at radius 2 is 1.83 bits per heavy atom. The fourth-order valence-electron chi connectivity index (χ4n) is 3.85. The maximum Gasteiger partial charge on any atom is 0.253 e. The number of hydrogen-bond donors (Lipinski definition) is 1. The van der Waals surface area contributed by atoms with Crippen LogP contribution in [-0.2, 0) is 7.05 Å². The number of nitrogens with zero attached hydrogens (tertiary/aromatic N) is 3. The van der Waals surface area contributed by atoms with Crippen LogP contribution in [0.4, 0.5) is 5.69 Å². The van der Waals surface area contributed by atoms with Crippen molar-refractivity contribution in [2.75, 3.05) is 4.90 Å². The van der Waals surface area contributed by atoms with Crippen molar-refractivity contribution in [1.29, 1.82) is 0 Å². The molecule has 0 bridgehead atoms. The van der Waals surface area contributed by atoms with Crippen LogP contribution in [0.2, 0.25) is 0 Å². The predicted molar refractivity (Wildman–Crippen MR) is 121 cm³/mol. The third kappa shape index (κ3) is 3.77. The van der Waals surface area contributed by atoms with Crippen LogP contribution in [-0.4, -0.2) is 16.3 Å². The van der Waals surface area contributed by atoms with E-state index < -0.39 is 0 Å². The van der Waals surface area contributed by atoms with Crippen molar-refractivity contribution in [3.05, 3.63) is 87.1 Å². The molecule has 29 heavy (non-hydrogen) atoms. The third-order valence-electron chi connectivity index (χ3n) is 5.18. The van der Waals surface area contributed by atoms with Gasteiger partial charge in [0.2, 0.25) is 0 Å². The highest BCUT2D eigenvalue weighted by Gasteiger charge is 2.40. The van der Waals surface area contributed by atoms with Gasteiger partial charge in [-0.1, -0.05) is 36.4 Å². The first-order valence-corrected chi connectivity index (χ1v) is 9.88. The van der Waals surface area contributed by atoms with Crippen LogP contribution in [0.3, 0.4) is 0 Å². The molecule has 2 N–H and O–H groups in total. The van der Waals surface area contributed by atoms with E-state index in [9.17, 15) is 4.79 Å². The minimum Gasteiger partial charge on any atom is -0.402 e. The van der Waals surface area contributed by atoms with Crippen LogP contribution in [0.5, 0.6) is 0 Å². The lowest BCUT2D eigenvalue weighted by Crippen LogP contribution is -2.26. The van der Waals surface area contributed by atoms with Crippen LogP contribution < -0.4 is 16.2 Å². The smallest absolute Gasteiger partial charge is 0.253 e. The van der Waals surface area contributed by atoms with Gasteiger partial charge in [0, 0.05) is 36.1 Å². The number of nitrogens with two attached hydrogens (primary N) is 1. The van der Waals surface area contributed by atoms with Crippen molar-refractivity contribution in [2.24, 2.45) is 17.8 Å². The number of aryl methyl sites for hydroxylation is 3. The van der Waals surface area contributed by atoms with Crippen LogP contribution >= 0.6 is 0 Å². The average Bonchev–Trinajstić information content (AvgIpc) is 2.92. The second-order valence-corrected chi connectivity index (χ2v) is 8.10. The maximum atomic E-state index is 12.3. The molecule has 5 heteroatoms. The van der Waals surface area contributed by atoms with Gasteiger partial charge in [-0.25, -0.2) is 0 Å². The Hall–Kier alpha value is -3.08. The molecule has 1 fully saturated rings. The van der Waals surface area contributed by atoms with E-state index in [1.165, 1.54) is 5.56 Å². The summed E-state index contributed by atoms with van der Waals surface area (Å²) in [5.41, 5.74) is 13.6. The summed E-state index contributed by atoms with van der Waals surface area (Å²) in [6.07, 6.45) is 1.85. The summed E-state index contributed by atoms with van der Waals surface area (Å²) < 4.78 is 1.61. The van der Waals surface area contributed by atoms with Gasteiger partial charge >= 0.3 is 0 Å². The van der Waals surface area contributed by atoms with E-state index in [1.807, 2.05) is 40.0 Å². The molecule has 5 nitrogen and oxygen atoms in total. The highest BCUT2D eigenvalue weighted by atomic mass is 16.1. The van der Waals surface area contributed by atoms with E-state index in [0.717, 1.165) is 33.9 Å². The second kappa shape index (κ2) is 7.74. The predicted octanol–water partition coefficient (Wildman–Crippen LogP) is 4.16. The minimum absolute atomic E-state index is 0.00714. The number of rotatable bonds is 3. The molecule has 1 unspecified atom stereocenters. The first kappa shape index (κ1) is 20.6. The second-order valence-electron chi connectivity index (χ2n) is 8.10. The van der Waals surface area contributed by atoms with Gasteiger partial charge in [-0.3, -0.25) is 9.79 Å². The van der Waals surface area contributed by atoms with Crippen LogP contribution in [0.25, 0.3) is 0 Å². The molecule has 0 radical (unpaired) electrons. The van der Waals surface area contributed by atoms with E-state index in [1.54, 1.807) is 11.6 Å². The van der Waals surface area contributed by atoms with Gasteiger partial charge in [-0.2, -0.15) is 0 Å². The highest BCUT2D eigenvalue weighted by Crippen LogP contribution is 2.44. The summed E-state index contributed by atoms with van der Waals surface area (Å²) >= 11 is 0. The Morgan fingerprint density at radius 1 is 1.21 bits per heavy atom. The molecule has 1 atom stereocenters. The molecular weight excluding hydrogens is 360 g/mol. The largest absolute Gasteiger partial charge is 0.402 e. The van der Waals surface area contributed by atoms with Crippen LogP contribution in [0.1, 0.15) is 43.5 Å². The molecule has 0 aliphatic carbocycles. The van der Waals surface area contributed by atoms with Crippen LogP contribution in [0, 0.1) is 13.8 Å². The standard InChI is InChI=1S/C24H30N4O/c1-14(2)26-22-18(6)28(20-12-16(4)24(29)27(7)13-20)23(21(22)17(5)25)19-10-8-15(3)9-11-19/h8-14,23H,6,25H2,1-5,7H3. The number of benzene rings is 1. The molecule has 3 rings (SSSR count). The molecular formula is C24H30N4O. The van der Waals surface area contributed by atoms with Gasteiger partial charge in [0.25, 0.3) is 5.56 Å². The van der Waals surface area contributed by atoms with Crippen molar-refractivity contribution in [1.82, 2.24) is 4.57 Å². The molecule has 2 heterocycles. The first-order chi connectivity index (χ1) is 13.6. The Morgan fingerprint density at radius 3 is 2.34 bits per heavy atom. The fourth-order valence-corrected chi connectivity index (χ4v) is 3.85. The Kier molecular flexibility index (Phi) is 5.51. The number of aliphatic imine (C=N–C) groups is 1. The molecule has 0 saturated carbocycles. The zero-order valence-corrected chi connectivity index (χ0v) is 18.2. The molecule has 1 aliphatic heterocycles. The highest BCUT2D eigenvalue weighted by molar-refractivity contribution is 6.19. The lowest BCUT2D eigenvalue weighted by molar-refractivity contribution is 0.799. The van der Waals surface area contributed by atoms with Crippen LogP contribution in [0.15, 0.2) is 69.9 Å². The summed E-state index contributed by atoms with van der Waals surface area (Å²) in [5.74, 6) is 0. The quantitative estimate of drug-likeness (QED) is 0.856. The Bertz CT molecular complexity index is 1040. The molecule has 1 saturated heterocycles. The molecule has 0 spiro atoms. The van der Waals surface area contributed by atoms with Crippen molar-refractivity contribution < 1.29 is 0 Å². The normalized spacial score (nSPS) is 20.1. The van der Waals surface area contributed by atoms with Crippen molar-refractivity contribution in [3.8, 4) is 0 Å². The van der Waals surface area contributed by atoms with Crippen molar-refractivity contribution in [2.45, 2.75) is 46.7 Å². The SMILES string of the molecule is C=C1C(=NC(C)C)C(=C(C)N)C(c2ccc(C)cc2)N1c1cc(C)c(=O)n(C)c1. The van der Waals surface area contributed by atoms with Gasteiger partial charge in [0.1, 0.15) is 0 Å². The first-order valence-electron chi connectivity index (χ1n) is 9.88. The monoisotopic (exact) mass is 390 g/mol. The van der Waals surface area contributed by atoms with Gasteiger partial charge in [-0.05, 0) is 46.2 Å². The lowest BCUT2D eigenvalue weighted by atomic mass is 9.95. The van der Waals surface area contributed by atoms with E-state index in [2.05, 4.69) is 42.7 Å². The number of anilines is 1. The average molecular weight is 391 g/mol. The summed E-state index contributed by atoms with van der Waals surface area (Å²) in [6.45, 7) is 14.3. The molecule has 2 aromatic rings. The minimum atomic E-state index is -0.150. The van der Waals surface area contributed by atoms with Gasteiger partial charge in [-0.15, -0.1) is 0 Å². The van der Waals surface area contributed by atoms with Gasteiger partial charge in [0.05, 0.1) is 23.1 Å².